The molecule has 0 saturated heterocycles. The minimum Gasteiger partial charge on any atom is -0.348 e. The van der Waals surface area contributed by atoms with Crippen molar-refractivity contribution >= 4 is 28.0 Å². The van der Waals surface area contributed by atoms with Crippen molar-refractivity contribution in [2.75, 3.05) is 0 Å². The van der Waals surface area contributed by atoms with Crippen LogP contribution in [0.15, 0.2) is 52.0 Å². The molecule has 1 amide bonds. The number of carbonyl (C=O) groups excluding carboxylic acids is 1. The predicted molar refractivity (Wildman–Crippen MR) is 89.5 cm³/mol. The van der Waals surface area contributed by atoms with Gasteiger partial charge in [-0.05, 0) is 53.3 Å². The van der Waals surface area contributed by atoms with Gasteiger partial charge in [0.25, 0.3) is 11.5 Å². The summed E-state index contributed by atoms with van der Waals surface area (Å²) in [6.45, 7) is 1.95. The minimum atomic E-state index is -0.259. The number of amides is 1. The fourth-order valence-electron chi connectivity index (χ4n) is 2.45. The van der Waals surface area contributed by atoms with Crippen molar-refractivity contribution in [3.8, 4) is 0 Å². The molecule has 22 heavy (non-hydrogen) atoms. The summed E-state index contributed by atoms with van der Waals surface area (Å²) in [7, 11) is 0. The summed E-state index contributed by atoms with van der Waals surface area (Å²) < 4.78 is 0. The van der Waals surface area contributed by atoms with Crippen molar-refractivity contribution in [2.45, 2.75) is 19.4 Å². The highest BCUT2D eigenvalue weighted by molar-refractivity contribution is 7.07. The van der Waals surface area contributed by atoms with Crippen LogP contribution in [0.2, 0.25) is 0 Å². The van der Waals surface area contributed by atoms with E-state index < -0.39 is 0 Å². The van der Waals surface area contributed by atoms with Gasteiger partial charge in [-0.1, -0.05) is 18.2 Å². The van der Waals surface area contributed by atoms with Crippen LogP contribution < -0.4 is 10.9 Å². The molecule has 0 aliphatic rings. The zero-order valence-electron chi connectivity index (χ0n) is 12.1. The maximum absolute atomic E-state index is 12.3. The summed E-state index contributed by atoms with van der Waals surface area (Å²) in [5.41, 5.74) is 1.25. The molecule has 0 aliphatic carbocycles. The summed E-state index contributed by atoms with van der Waals surface area (Å²) in [5, 5.41) is 8.36. The van der Waals surface area contributed by atoms with Gasteiger partial charge in [0.2, 0.25) is 0 Å². The van der Waals surface area contributed by atoms with Gasteiger partial charge < -0.3 is 10.3 Å². The van der Waals surface area contributed by atoms with Crippen LogP contribution in [0.5, 0.6) is 0 Å². The second-order valence-corrected chi connectivity index (χ2v) is 6.09. The third kappa shape index (κ3) is 3.09. The van der Waals surface area contributed by atoms with Gasteiger partial charge in [-0.2, -0.15) is 11.3 Å². The molecular weight excluding hydrogens is 296 g/mol. The van der Waals surface area contributed by atoms with Gasteiger partial charge >= 0.3 is 0 Å². The molecule has 0 fully saturated rings. The number of rotatable bonds is 4. The minimum absolute atomic E-state index is 0.00271. The lowest BCUT2D eigenvalue weighted by Crippen LogP contribution is -2.35. The third-order valence-corrected chi connectivity index (χ3v) is 4.23. The fourth-order valence-corrected chi connectivity index (χ4v) is 3.13. The average Bonchev–Trinajstić information content (AvgIpc) is 3.00. The van der Waals surface area contributed by atoms with E-state index in [1.165, 1.54) is 5.56 Å². The average molecular weight is 312 g/mol. The SMILES string of the molecule is CC(Cc1ccsc1)NC(=O)c1cc2ccccc2c(=O)[nH]1. The predicted octanol–water partition coefficient (Wildman–Crippen LogP) is 2.95. The number of aromatic amines is 1. The van der Waals surface area contributed by atoms with E-state index in [2.05, 4.69) is 15.7 Å². The smallest absolute Gasteiger partial charge is 0.268 e. The van der Waals surface area contributed by atoms with Crippen LogP contribution in [0.4, 0.5) is 0 Å². The van der Waals surface area contributed by atoms with E-state index in [4.69, 9.17) is 0 Å². The van der Waals surface area contributed by atoms with Gasteiger partial charge in [0.05, 0.1) is 0 Å². The van der Waals surface area contributed by atoms with E-state index in [1.54, 1.807) is 29.5 Å². The van der Waals surface area contributed by atoms with Crippen LogP contribution >= 0.6 is 11.3 Å². The monoisotopic (exact) mass is 312 g/mol. The fraction of sp³-hybridized carbons (Fsp3) is 0.176. The Hall–Kier alpha value is -2.40. The second kappa shape index (κ2) is 6.15. The molecule has 0 radical (unpaired) electrons. The topological polar surface area (TPSA) is 62.0 Å². The zero-order chi connectivity index (χ0) is 15.5. The Morgan fingerprint density at radius 2 is 2.14 bits per heavy atom. The van der Waals surface area contributed by atoms with E-state index in [-0.39, 0.29) is 17.5 Å². The lowest BCUT2D eigenvalue weighted by atomic mass is 10.1. The Morgan fingerprint density at radius 1 is 1.32 bits per heavy atom. The number of pyridine rings is 1. The molecule has 1 aromatic carbocycles. The second-order valence-electron chi connectivity index (χ2n) is 5.31. The number of benzene rings is 1. The molecule has 112 valence electrons. The molecule has 2 aromatic heterocycles. The highest BCUT2D eigenvalue weighted by Gasteiger charge is 2.12. The Balaban J connectivity index is 1.78. The van der Waals surface area contributed by atoms with Crippen LogP contribution in [0.1, 0.15) is 23.0 Å². The number of fused-ring (bicyclic) bond motifs is 1. The van der Waals surface area contributed by atoms with Gasteiger partial charge in [0.1, 0.15) is 5.69 Å². The summed E-state index contributed by atoms with van der Waals surface area (Å²) in [4.78, 5) is 27.0. The van der Waals surface area contributed by atoms with Gasteiger partial charge in [-0.15, -0.1) is 0 Å². The number of hydrogen-bond acceptors (Lipinski definition) is 3. The number of thiophene rings is 1. The molecule has 3 rings (SSSR count). The Labute approximate surface area is 131 Å². The van der Waals surface area contributed by atoms with E-state index in [0.717, 1.165) is 11.8 Å². The highest BCUT2D eigenvalue weighted by Crippen LogP contribution is 2.11. The number of hydrogen-bond donors (Lipinski definition) is 2. The maximum atomic E-state index is 12.3. The standard InChI is InChI=1S/C17H16N2O2S/c1-11(8-12-6-7-22-10-12)18-17(21)15-9-13-4-2-3-5-14(13)16(20)19-15/h2-7,9-11H,8H2,1H3,(H,18,21)(H,19,20). The molecule has 3 aromatic rings. The zero-order valence-corrected chi connectivity index (χ0v) is 12.9. The molecule has 1 unspecified atom stereocenters. The molecule has 4 nitrogen and oxygen atoms in total. The lowest BCUT2D eigenvalue weighted by Gasteiger charge is -2.13. The molecule has 2 N–H and O–H groups in total. The van der Waals surface area contributed by atoms with E-state index in [1.807, 2.05) is 30.5 Å². The van der Waals surface area contributed by atoms with Gasteiger partial charge in [0, 0.05) is 11.4 Å². The molecule has 1 atom stereocenters. The van der Waals surface area contributed by atoms with Crippen molar-refractivity contribution in [1.29, 1.82) is 0 Å². The number of H-pyrrole nitrogens is 1. The Bertz CT molecular complexity index is 852. The maximum Gasteiger partial charge on any atom is 0.268 e. The molecule has 0 bridgehead atoms. The first kappa shape index (κ1) is 14.5. The lowest BCUT2D eigenvalue weighted by molar-refractivity contribution is 0.0935. The third-order valence-electron chi connectivity index (χ3n) is 3.50. The number of aromatic nitrogens is 1. The molecule has 0 spiro atoms. The van der Waals surface area contributed by atoms with Crippen molar-refractivity contribution in [3.05, 3.63) is 68.8 Å². The van der Waals surface area contributed by atoms with Gasteiger partial charge in [-0.3, -0.25) is 9.59 Å². The normalized spacial score (nSPS) is 12.2. The van der Waals surface area contributed by atoms with Crippen LogP contribution in [0.3, 0.4) is 0 Å². The summed E-state index contributed by atoms with van der Waals surface area (Å²) in [6.07, 6.45) is 0.771. The van der Waals surface area contributed by atoms with Crippen LogP contribution in [-0.2, 0) is 6.42 Å². The van der Waals surface area contributed by atoms with Crippen LogP contribution in [0, 0.1) is 0 Å². The Morgan fingerprint density at radius 3 is 2.91 bits per heavy atom. The van der Waals surface area contributed by atoms with E-state index in [9.17, 15) is 9.59 Å². The largest absolute Gasteiger partial charge is 0.348 e. The van der Waals surface area contributed by atoms with E-state index >= 15 is 0 Å². The molecule has 0 aliphatic heterocycles. The molecular formula is C17H16N2O2S. The summed E-state index contributed by atoms with van der Waals surface area (Å²) >= 11 is 1.64. The molecule has 2 heterocycles. The van der Waals surface area contributed by atoms with Gasteiger partial charge in [0.15, 0.2) is 0 Å². The molecule has 5 heteroatoms. The summed E-state index contributed by atoms with van der Waals surface area (Å²) in [5.74, 6) is -0.259. The van der Waals surface area contributed by atoms with Crippen molar-refractivity contribution in [2.24, 2.45) is 0 Å². The van der Waals surface area contributed by atoms with Crippen molar-refractivity contribution in [1.82, 2.24) is 10.3 Å². The first-order valence-corrected chi connectivity index (χ1v) is 8.02. The Kier molecular flexibility index (Phi) is 4.06. The van der Waals surface area contributed by atoms with Crippen molar-refractivity contribution < 1.29 is 4.79 Å². The van der Waals surface area contributed by atoms with Crippen LogP contribution in [-0.4, -0.2) is 16.9 Å². The number of carbonyl (C=O) groups is 1. The van der Waals surface area contributed by atoms with Crippen molar-refractivity contribution in [3.63, 3.8) is 0 Å². The quantitative estimate of drug-likeness (QED) is 0.778. The van der Waals surface area contributed by atoms with Gasteiger partial charge in [-0.25, -0.2) is 0 Å². The van der Waals surface area contributed by atoms with E-state index in [0.29, 0.717) is 11.1 Å². The highest BCUT2D eigenvalue weighted by atomic mass is 32.1. The first-order chi connectivity index (χ1) is 10.6. The number of nitrogens with one attached hydrogen (secondary N) is 2. The van der Waals surface area contributed by atoms with Crippen LogP contribution in [0.25, 0.3) is 10.8 Å². The summed E-state index contributed by atoms with van der Waals surface area (Å²) in [6, 6.07) is 11.0. The first-order valence-electron chi connectivity index (χ1n) is 7.07. The molecule has 0 saturated carbocycles.